The molecule has 1 unspecified atom stereocenters. The molecule has 2 aromatic rings. The normalized spacial score (nSPS) is 15.4. The van der Waals surface area contributed by atoms with E-state index in [4.69, 9.17) is 0 Å². The number of benzene rings is 1. The van der Waals surface area contributed by atoms with E-state index in [0.717, 1.165) is 17.7 Å². The number of nitrogens with one attached hydrogen (secondary N) is 1. The summed E-state index contributed by atoms with van der Waals surface area (Å²) in [4.78, 5) is 19.5. The number of aryl methyl sites for hydroxylation is 1. The predicted molar refractivity (Wildman–Crippen MR) is 93.6 cm³/mol. The van der Waals surface area contributed by atoms with Crippen LogP contribution in [-0.2, 0) is 6.54 Å². The van der Waals surface area contributed by atoms with Gasteiger partial charge in [0.1, 0.15) is 5.01 Å². The van der Waals surface area contributed by atoms with Crippen molar-refractivity contribution in [1.82, 2.24) is 15.2 Å². The van der Waals surface area contributed by atoms with Crippen molar-refractivity contribution in [2.24, 2.45) is 5.92 Å². The van der Waals surface area contributed by atoms with Gasteiger partial charge < -0.3 is 10.2 Å². The molecule has 1 fully saturated rings. The van der Waals surface area contributed by atoms with Crippen molar-refractivity contribution in [3.8, 4) is 0 Å². The van der Waals surface area contributed by atoms with Gasteiger partial charge in [-0.25, -0.2) is 4.98 Å². The maximum absolute atomic E-state index is 12.1. The predicted octanol–water partition coefficient (Wildman–Crippen LogP) is 3.39. The quantitative estimate of drug-likeness (QED) is 0.883. The lowest BCUT2D eigenvalue weighted by Gasteiger charge is -2.16. The zero-order valence-electron chi connectivity index (χ0n) is 13.9. The maximum atomic E-state index is 12.1. The van der Waals surface area contributed by atoms with Gasteiger partial charge in [-0.1, -0.05) is 12.1 Å². The van der Waals surface area contributed by atoms with Crippen molar-refractivity contribution >= 4 is 17.2 Å². The Labute approximate surface area is 141 Å². The van der Waals surface area contributed by atoms with Crippen molar-refractivity contribution in [1.29, 1.82) is 0 Å². The van der Waals surface area contributed by atoms with Gasteiger partial charge in [-0.15, -0.1) is 11.3 Å². The first-order valence-corrected chi connectivity index (χ1v) is 8.82. The third-order valence-electron chi connectivity index (χ3n) is 4.10. The third kappa shape index (κ3) is 3.98. The van der Waals surface area contributed by atoms with Gasteiger partial charge in [0.2, 0.25) is 0 Å². The zero-order valence-corrected chi connectivity index (χ0v) is 14.7. The van der Waals surface area contributed by atoms with Gasteiger partial charge in [-0.3, -0.25) is 4.79 Å². The lowest BCUT2D eigenvalue weighted by Crippen LogP contribution is -2.24. The van der Waals surface area contributed by atoms with Crippen molar-refractivity contribution in [2.45, 2.75) is 32.4 Å². The summed E-state index contributed by atoms with van der Waals surface area (Å²) in [5.74, 6) is 0.744. The number of aromatic nitrogens is 1. The Balaban J connectivity index is 1.69. The van der Waals surface area contributed by atoms with Crippen LogP contribution in [0.4, 0.5) is 0 Å². The van der Waals surface area contributed by atoms with E-state index in [1.54, 1.807) is 30.3 Å². The van der Waals surface area contributed by atoms with Crippen molar-refractivity contribution in [3.05, 3.63) is 51.5 Å². The molecule has 0 radical (unpaired) electrons. The molecule has 5 heteroatoms. The summed E-state index contributed by atoms with van der Waals surface area (Å²) in [5.41, 5.74) is 1.87. The van der Waals surface area contributed by atoms with E-state index in [0.29, 0.717) is 12.0 Å². The van der Waals surface area contributed by atoms with E-state index in [2.05, 4.69) is 23.3 Å². The van der Waals surface area contributed by atoms with Crippen LogP contribution in [0, 0.1) is 12.8 Å². The van der Waals surface area contributed by atoms with Crippen LogP contribution in [0.5, 0.6) is 0 Å². The van der Waals surface area contributed by atoms with Crippen LogP contribution in [0.2, 0.25) is 0 Å². The number of nitrogens with zero attached hydrogens (tertiary/aromatic N) is 2. The molecule has 1 atom stereocenters. The highest BCUT2D eigenvalue weighted by Gasteiger charge is 2.33. The van der Waals surface area contributed by atoms with Gasteiger partial charge in [0.05, 0.1) is 6.04 Å². The molecule has 0 spiro atoms. The second-order valence-corrected chi connectivity index (χ2v) is 7.67. The Morgan fingerprint density at radius 2 is 2.22 bits per heavy atom. The Kier molecular flexibility index (Phi) is 4.78. The molecule has 0 aliphatic heterocycles. The smallest absolute Gasteiger partial charge is 0.253 e. The summed E-state index contributed by atoms with van der Waals surface area (Å²) >= 11 is 1.78. The van der Waals surface area contributed by atoms with Gasteiger partial charge in [0.15, 0.2) is 0 Å². The highest BCUT2D eigenvalue weighted by molar-refractivity contribution is 7.11. The van der Waals surface area contributed by atoms with Crippen LogP contribution in [0.1, 0.15) is 44.7 Å². The van der Waals surface area contributed by atoms with E-state index in [1.807, 2.05) is 24.4 Å². The molecule has 0 bridgehead atoms. The lowest BCUT2D eigenvalue weighted by molar-refractivity contribution is 0.0827. The first-order valence-electron chi connectivity index (χ1n) is 8.01. The molecule has 3 rings (SSSR count). The van der Waals surface area contributed by atoms with Crippen molar-refractivity contribution < 1.29 is 4.79 Å². The van der Waals surface area contributed by atoms with Gasteiger partial charge in [-0.2, -0.15) is 0 Å². The van der Waals surface area contributed by atoms with Crippen molar-refractivity contribution in [3.63, 3.8) is 0 Å². The monoisotopic (exact) mass is 329 g/mol. The van der Waals surface area contributed by atoms with E-state index < -0.39 is 0 Å². The van der Waals surface area contributed by atoms with Crippen LogP contribution < -0.4 is 5.32 Å². The summed E-state index contributed by atoms with van der Waals surface area (Å²) in [6.45, 7) is 2.86. The highest BCUT2D eigenvalue weighted by atomic mass is 32.1. The molecule has 1 amide bonds. The molecule has 23 heavy (non-hydrogen) atoms. The standard InChI is InChI=1S/C18H23N3OS/c1-12-10-20-17(23-12)16(14-7-8-14)19-11-13-5-4-6-15(9-13)18(22)21(2)3/h4-6,9-10,14,16,19H,7-8,11H2,1-3H3. The average molecular weight is 329 g/mol. The number of hydrogen-bond acceptors (Lipinski definition) is 4. The third-order valence-corrected chi connectivity index (χ3v) is 5.10. The van der Waals surface area contributed by atoms with Crippen molar-refractivity contribution in [2.75, 3.05) is 14.1 Å². The molecular weight excluding hydrogens is 306 g/mol. The largest absolute Gasteiger partial charge is 0.345 e. The summed E-state index contributed by atoms with van der Waals surface area (Å²) in [6, 6.07) is 8.20. The Hall–Kier alpha value is -1.72. The van der Waals surface area contributed by atoms with Crippen LogP contribution in [0.15, 0.2) is 30.5 Å². The van der Waals surface area contributed by atoms with Crippen LogP contribution >= 0.6 is 11.3 Å². The van der Waals surface area contributed by atoms with E-state index in [1.165, 1.54) is 22.7 Å². The second kappa shape index (κ2) is 6.81. The molecule has 1 aliphatic carbocycles. The Bertz CT molecular complexity index is 691. The molecule has 0 saturated heterocycles. The minimum Gasteiger partial charge on any atom is -0.345 e. The molecule has 4 nitrogen and oxygen atoms in total. The van der Waals surface area contributed by atoms with Gasteiger partial charge in [0, 0.05) is 37.3 Å². The molecule has 1 aliphatic rings. The first kappa shape index (κ1) is 16.1. The van der Waals surface area contributed by atoms with E-state index in [9.17, 15) is 4.79 Å². The molecule has 122 valence electrons. The SMILES string of the molecule is Cc1cnc(C(NCc2cccc(C(=O)N(C)C)c2)C2CC2)s1. The van der Waals surface area contributed by atoms with Gasteiger partial charge in [-0.05, 0) is 43.4 Å². The Morgan fingerprint density at radius 3 is 2.83 bits per heavy atom. The summed E-state index contributed by atoms with van der Waals surface area (Å²) in [5, 5.41) is 4.83. The fourth-order valence-corrected chi connectivity index (χ4v) is 3.64. The molecule has 1 saturated carbocycles. The first-order chi connectivity index (χ1) is 11.0. The highest BCUT2D eigenvalue weighted by Crippen LogP contribution is 2.42. The fourth-order valence-electron chi connectivity index (χ4n) is 2.70. The van der Waals surface area contributed by atoms with Gasteiger partial charge in [0.25, 0.3) is 5.91 Å². The number of amides is 1. The van der Waals surface area contributed by atoms with Crippen LogP contribution in [0.3, 0.4) is 0 Å². The summed E-state index contributed by atoms with van der Waals surface area (Å²) < 4.78 is 0. The number of hydrogen-bond donors (Lipinski definition) is 1. The molecular formula is C18H23N3OS. The van der Waals surface area contributed by atoms with E-state index in [-0.39, 0.29) is 5.91 Å². The number of carbonyl (C=O) groups excluding carboxylic acids is 1. The minimum atomic E-state index is 0.0427. The number of carbonyl (C=O) groups is 1. The Morgan fingerprint density at radius 1 is 1.43 bits per heavy atom. The molecule has 1 N–H and O–H groups in total. The summed E-state index contributed by atoms with van der Waals surface area (Å²) in [6.07, 6.45) is 4.50. The lowest BCUT2D eigenvalue weighted by atomic mass is 10.1. The second-order valence-electron chi connectivity index (χ2n) is 6.41. The fraction of sp³-hybridized carbons (Fsp3) is 0.444. The van der Waals surface area contributed by atoms with Crippen LogP contribution in [-0.4, -0.2) is 29.9 Å². The number of rotatable bonds is 6. The summed E-state index contributed by atoms with van der Waals surface area (Å²) in [7, 11) is 3.56. The topological polar surface area (TPSA) is 45.2 Å². The van der Waals surface area contributed by atoms with Crippen LogP contribution in [0.25, 0.3) is 0 Å². The van der Waals surface area contributed by atoms with E-state index >= 15 is 0 Å². The molecule has 1 aromatic heterocycles. The zero-order chi connectivity index (χ0) is 16.4. The molecule has 1 heterocycles. The van der Waals surface area contributed by atoms with Gasteiger partial charge >= 0.3 is 0 Å². The molecule has 1 aromatic carbocycles. The maximum Gasteiger partial charge on any atom is 0.253 e. The average Bonchev–Trinajstić information content (AvgIpc) is 3.28. The number of thiazole rings is 1. The minimum absolute atomic E-state index is 0.0427.